The lowest BCUT2D eigenvalue weighted by molar-refractivity contribution is -0.369. The van der Waals surface area contributed by atoms with E-state index in [0.717, 1.165) is 0 Å². The SMILES string of the molecule is CC(C)N1C(=O)C(C(=O)C(C)(C)C)=C(C(C)(C)C)OC12OC(C(C)(C)C)=C(C(=O)C(C)(C)C)C(=O)N2C(C)C. The Labute approximate surface area is 235 Å². The number of amides is 2. The van der Waals surface area contributed by atoms with Gasteiger partial charge in [-0.25, -0.2) is 9.80 Å². The Kier molecular flexibility index (Phi) is 8.16. The second-order valence-corrected chi connectivity index (χ2v) is 15.4. The van der Waals surface area contributed by atoms with Crippen LogP contribution in [0.4, 0.5) is 0 Å². The van der Waals surface area contributed by atoms with Crippen LogP contribution in [0.25, 0.3) is 0 Å². The minimum absolute atomic E-state index is 0.0491. The van der Waals surface area contributed by atoms with Gasteiger partial charge in [0.2, 0.25) is 0 Å². The second-order valence-electron chi connectivity index (χ2n) is 15.4. The summed E-state index contributed by atoms with van der Waals surface area (Å²) < 4.78 is 13.5. The van der Waals surface area contributed by atoms with E-state index in [0.29, 0.717) is 0 Å². The van der Waals surface area contributed by atoms with E-state index in [1.807, 2.05) is 41.5 Å². The van der Waals surface area contributed by atoms with Crippen LogP contribution in [-0.2, 0) is 28.7 Å². The first-order valence-electron chi connectivity index (χ1n) is 13.9. The van der Waals surface area contributed by atoms with Crippen LogP contribution in [0, 0.1) is 21.7 Å². The first-order chi connectivity index (χ1) is 17.2. The highest BCUT2D eigenvalue weighted by molar-refractivity contribution is 6.23. The van der Waals surface area contributed by atoms with Crippen LogP contribution in [0.1, 0.15) is 111 Å². The summed E-state index contributed by atoms with van der Waals surface area (Å²) in [5.41, 5.74) is -3.39. The number of nitrogens with zero attached hydrogens (tertiary/aromatic N) is 2. The number of carbonyl (C=O) groups is 4. The summed E-state index contributed by atoms with van der Waals surface area (Å²) in [5, 5.41) is 0. The minimum atomic E-state index is -2.04. The molecule has 2 aliphatic rings. The van der Waals surface area contributed by atoms with Crippen molar-refractivity contribution in [3.63, 3.8) is 0 Å². The first-order valence-corrected chi connectivity index (χ1v) is 13.9. The van der Waals surface area contributed by atoms with E-state index in [-0.39, 0.29) is 34.2 Å². The summed E-state index contributed by atoms with van der Waals surface area (Å²) in [6.45, 7) is 28.8. The Morgan fingerprint density at radius 2 is 0.846 bits per heavy atom. The fourth-order valence-electron chi connectivity index (χ4n) is 4.72. The predicted octanol–water partition coefficient (Wildman–Crippen LogP) is 5.96. The molecule has 0 fully saturated rings. The number of Topliss-reactive ketones (excluding diaryl/α,β-unsaturated/α-hetero) is 2. The zero-order chi connectivity index (χ0) is 30.8. The molecule has 1 spiro atoms. The van der Waals surface area contributed by atoms with Crippen LogP contribution in [0.5, 0.6) is 0 Å². The molecule has 0 unspecified atom stereocenters. The average molecular weight is 547 g/mol. The predicted molar refractivity (Wildman–Crippen MR) is 151 cm³/mol. The van der Waals surface area contributed by atoms with E-state index in [4.69, 9.17) is 9.47 Å². The molecule has 0 bridgehead atoms. The van der Waals surface area contributed by atoms with Crippen molar-refractivity contribution in [1.29, 1.82) is 0 Å². The summed E-state index contributed by atoms with van der Waals surface area (Å²) >= 11 is 0. The molecule has 8 nitrogen and oxygen atoms in total. The molecule has 2 heterocycles. The molecule has 0 aromatic heterocycles. The van der Waals surface area contributed by atoms with E-state index in [1.165, 1.54) is 9.80 Å². The lowest BCUT2D eigenvalue weighted by atomic mass is 9.79. The van der Waals surface area contributed by atoms with E-state index in [2.05, 4.69) is 0 Å². The van der Waals surface area contributed by atoms with E-state index in [9.17, 15) is 19.2 Å². The number of hydrogen-bond donors (Lipinski definition) is 0. The number of hydrogen-bond acceptors (Lipinski definition) is 6. The lowest BCUT2D eigenvalue weighted by Gasteiger charge is -2.57. The lowest BCUT2D eigenvalue weighted by Crippen LogP contribution is -2.74. The highest BCUT2D eigenvalue weighted by atomic mass is 16.8. The van der Waals surface area contributed by atoms with Crippen LogP contribution in [0.15, 0.2) is 22.7 Å². The highest BCUT2D eigenvalue weighted by Crippen LogP contribution is 2.50. The Hall–Kier alpha value is -2.64. The molecule has 0 N–H and O–H groups in total. The molecule has 0 aromatic rings. The van der Waals surface area contributed by atoms with E-state index >= 15 is 0 Å². The third-order valence-electron chi connectivity index (χ3n) is 6.61. The molecule has 220 valence electrons. The molecule has 0 aliphatic carbocycles. The molecule has 39 heavy (non-hydrogen) atoms. The largest absolute Gasteiger partial charge is 0.439 e. The number of allylic oxidation sites excluding steroid dienone is 2. The molecular weight excluding hydrogens is 496 g/mol. The number of ether oxygens (including phenoxy) is 2. The zero-order valence-electron chi connectivity index (χ0n) is 27.0. The molecule has 0 saturated heterocycles. The van der Waals surface area contributed by atoms with Crippen LogP contribution in [-0.4, -0.2) is 51.3 Å². The van der Waals surface area contributed by atoms with Crippen LogP contribution >= 0.6 is 0 Å². The summed E-state index contributed by atoms with van der Waals surface area (Å²) in [7, 11) is 0. The summed E-state index contributed by atoms with van der Waals surface area (Å²) in [5.74, 6) is -1.54. The fraction of sp³-hybridized carbons (Fsp3) is 0.742. The smallest absolute Gasteiger partial charge is 0.421 e. The maximum absolute atomic E-state index is 14.5. The quantitative estimate of drug-likeness (QED) is 0.404. The zero-order valence-corrected chi connectivity index (χ0v) is 27.0. The van der Waals surface area contributed by atoms with Gasteiger partial charge in [-0.3, -0.25) is 19.2 Å². The Balaban J connectivity index is 3.12. The van der Waals surface area contributed by atoms with E-state index < -0.39 is 51.6 Å². The third kappa shape index (κ3) is 5.66. The van der Waals surface area contributed by atoms with Gasteiger partial charge in [-0.1, -0.05) is 83.1 Å². The van der Waals surface area contributed by atoms with Gasteiger partial charge in [-0.05, 0) is 27.7 Å². The van der Waals surface area contributed by atoms with Crippen molar-refractivity contribution in [2.45, 2.75) is 129 Å². The summed E-state index contributed by atoms with van der Waals surface area (Å²) in [6, 6.07) is -3.10. The van der Waals surface area contributed by atoms with Gasteiger partial charge >= 0.3 is 6.03 Å². The van der Waals surface area contributed by atoms with Crippen molar-refractivity contribution in [3.05, 3.63) is 22.7 Å². The van der Waals surface area contributed by atoms with E-state index in [1.54, 1.807) is 69.2 Å². The molecule has 0 radical (unpaired) electrons. The molecule has 2 rings (SSSR count). The second kappa shape index (κ2) is 9.77. The maximum Gasteiger partial charge on any atom is 0.439 e. The average Bonchev–Trinajstić information content (AvgIpc) is 2.68. The minimum Gasteiger partial charge on any atom is -0.421 e. The third-order valence-corrected chi connectivity index (χ3v) is 6.61. The first kappa shape index (κ1) is 32.6. The fourth-order valence-corrected chi connectivity index (χ4v) is 4.72. The van der Waals surface area contributed by atoms with Crippen LogP contribution in [0.3, 0.4) is 0 Å². The van der Waals surface area contributed by atoms with Crippen molar-refractivity contribution < 1.29 is 28.7 Å². The molecular formula is C31H50N2O6. The number of rotatable bonds is 4. The molecule has 8 heteroatoms. The van der Waals surface area contributed by atoms with Crippen molar-refractivity contribution >= 4 is 23.4 Å². The summed E-state index contributed by atoms with van der Waals surface area (Å²) in [6.07, 6.45) is 0. The van der Waals surface area contributed by atoms with Gasteiger partial charge in [0, 0.05) is 33.7 Å². The van der Waals surface area contributed by atoms with Crippen LogP contribution in [0.2, 0.25) is 0 Å². The van der Waals surface area contributed by atoms with Gasteiger partial charge in [0.1, 0.15) is 22.7 Å². The van der Waals surface area contributed by atoms with Crippen molar-refractivity contribution in [1.82, 2.24) is 9.80 Å². The molecule has 0 saturated carbocycles. The van der Waals surface area contributed by atoms with Gasteiger partial charge in [-0.2, -0.15) is 0 Å². The van der Waals surface area contributed by atoms with Gasteiger partial charge in [0.05, 0.1) is 0 Å². The molecule has 2 amide bonds. The van der Waals surface area contributed by atoms with Gasteiger partial charge in [-0.15, -0.1) is 0 Å². The number of carbonyl (C=O) groups excluding carboxylic acids is 4. The highest BCUT2D eigenvalue weighted by Gasteiger charge is 2.65. The van der Waals surface area contributed by atoms with Gasteiger partial charge in [0.15, 0.2) is 11.6 Å². The summed E-state index contributed by atoms with van der Waals surface area (Å²) in [4.78, 5) is 59.0. The van der Waals surface area contributed by atoms with Crippen LogP contribution < -0.4 is 0 Å². The maximum atomic E-state index is 14.5. The molecule has 0 aromatic carbocycles. The van der Waals surface area contributed by atoms with Crippen molar-refractivity contribution in [2.24, 2.45) is 21.7 Å². The van der Waals surface area contributed by atoms with Crippen molar-refractivity contribution in [2.75, 3.05) is 0 Å². The van der Waals surface area contributed by atoms with Gasteiger partial charge in [0.25, 0.3) is 11.8 Å². The Morgan fingerprint density at radius 1 is 0.590 bits per heavy atom. The Morgan fingerprint density at radius 3 is 1.03 bits per heavy atom. The number of ketones is 2. The topological polar surface area (TPSA) is 93.2 Å². The van der Waals surface area contributed by atoms with Crippen molar-refractivity contribution in [3.8, 4) is 0 Å². The monoisotopic (exact) mass is 546 g/mol. The normalized spacial score (nSPS) is 19.3. The molecule has 0 atom stereocenters. The standard InChI is InChI=1S/C31H50N2O6/c1-17(2)32-25(36)19(21(34)27(5,6)7)23(29(11,12)13)38-31(32)33(18(3)4)26(37)20(22(35)28(8,9)10)24(39-31)30(14,15)16/h17-18H,1-16H3. The van der Waals surface area contributed by atoms with Gasteiger partial charge < -0.3 is 9.47 Å². The Bertz CT molecular complexity index is 1040. The molecule has 2 aliphatic heterocycles.